The first-order chi connectivity index (χ1) is 6.35. The van der Waals surface area contributed by atoms with Crippen molar-refractivity contribution >= 4 is 11.6 Å². The lowest BCUT2D eigenvalue weighted by Gasteiger charge is -2.26. The fraction of sp³-hybridized carbons (Fsp3) is 0.600. The second-order valence-electron chi connectivity index (χ2n) is 2.22. The van der Waals surface area contributed by atoms with Crippen LogP contribution in [0.2, 0.25) is 0 Å². The molecule has 0 spiro atoms. The van der Waals surface area contributed by atoms with Gasteiger partial charge in [0.05, 0.1) is 0 Å². The van der Waals surface area contributed by atoms with Crippen LogP contribution in [0.3, 0.4) is 0 Å². The Kier molecular flexibility index (Phi) is 3.61. The molecule has 10 heteroatoms. The van der Waals surface area contributed by atoms with Gasteiger partial charge in [-0.05, 0) is 11.6 Å². The lowest BCUT2D eigenvalue weighted by atomic mass is 10.1. The molecule has 0 aromatic carbocycles. The van der Waals surface area contributed by atoms with Crippen LogP contribution in [-0.4, -0.2) is 18.0 Å². The lowest BCUT2D eigenvalue weighted by molar-refractivity contribution is -0.347. The van der Waals surface area contributed by atoms with Crippen LogP contribution in [0.25, 0.3) is 0 Å². The highest BCUT2D eigenvalue weighted by molar-refractivity contribution is 6.28. The molecule has 0 aliphatic carbocycles. The van der Waals surface area contributed by atoms with Crippen LogP contribution < -0.4 is 0 Å². The molecule has 0 fully saturated rings. The topological polar surface area (TPSA) is 0 Å². The van der Waals surface area contributed by atoms with Crippen molar-refractivity contribution in [2.24, 2.45) is 0 Å². The molecule has 0 nitrogen and oxygen atoms in total. The summed E-state index contributed by atoms with van der Waals surface area (Å²) in [6.45, 7) is 0. The van der Waals surface area contributed by atoms with Gasteiger partial charge in [-0.2, -0.15) is 35.1 Å². The average molecular weight is 266 g/mol. The third kappa shape index (κ3) is 2.32. The molecule has 15 heavy (non-hydrogen) atoms. The summed E-state index contributed by atoms with van der Waals surface area (Å²) in [5.74, 6) is -16.8. The number of alkyl halides is 7. The highest BCUT2D eigenvalue weighted by atomic mass is 35.5. The summed E-state index contributed by atoms with van der Waals surface area (Å²) in [6.07, 6.45) is -6.74. The van der Waals surface area contributed by atoms with Crippen molar-refractivity contribution in [3.05, 3.63) is 11.1 Å². The predicted octanol–water partition coefficient (Wildman–Crippen LogP) is 4.17. The molecule has 0 aliphatic rings. The second-order valence-corrected chi connectivity index (χ2v) is 2.55. The van der Waals surface area contributed by atoms with Gasteiger partial charge in [0.2, 0.25) is 11.1 Å². The SMILES string of the molecule is F/C(Cl)=C(\F)C(F)(F)C(F)(F)C(F)(F)F. The van der Waals surface area contributed by atoms with Gasteiger partial charge in [0.15, 0.2) is 0 Å². The molecular weight excluding hydrogens is 266 g/mol. The van der Waals surface area contributed by atoms with Crippen LogP contribution in [0.4, 0.5) is 39.5 Å². The van der Waals surface area contributed by atoms with E-state index in [1.54, 1.807) is 0 Å². The summed E-state index contributed by atoms with van der Waals surface area (Å²) in [6, 6.07) is 0. The van der Waals surface area contributed by atoms with Gasteiger partial charge in [0.25, 0.3) is 0 Å². The van der Waals surface area contributed by atoms with Gasteiger partial charge in [-0.1, -0.05) is 0 Å². The Morgan fingerprint density at radius 1 is 0.800 bits per heavy atom. The Bertz CT molecular complexity index is 271. The maximum Gasteiger partial charge on any atom is 0.460 e. The quantitative estimate of drug-likeness (QED) is 0.658. The molecule has 0 rings (SSSR count). The largest absolute Gasteiger partial charge is 0.460 e. The number of halogens is 10. The zero-order valence-electron chi connectivity index (χ0n) is 6.28. The summed E-state index contributed by atoms with van der Waals surface area (Å²) < 4.78 is 106. The minimum atomic E-state index is -6.75. The first-order valence-electron chi connectivity index (χ1n) is 2.89. The number of hydrogen-bond donors (Lipinski definition) is 0. The second kappa shape index (κ2) is 3.76. The summed E-state index contributed by atoms with van der Waals surface area (Å²) in [7, 11) is 0. The van der Waals surface area contributed by atoms with Crippen LogP contribution in [0.1, 0.15) is 0 Å². The van der Waals surface area contributed by atoms with Crippen molar-refractivity contribution in [3.8, 4) is 0 Å². The Labute approximate surface area is 81.3 Å². The molecule has 0 aromatic rings. The van der Waals surface area contributed by atoms with Crippen molar-refractivity contribution in [2.75, 3.05) is 0 Å². The molecule has 0 aromatic heterocycles. The van der Waals surface area contributed by atoms with Crippen molar-refractivity contribution < 1.29 is 39.5 Å². The van der Waals surface area contributed by atoms with Gasteiger partial charge in [-0.3, -0.25) is 0 Å². The Balaban J connectivity index is 5.49. The minimum absolute atomic E-state index is 2.97. The lowest BCUT2D eigenvalue weighted by Crippen LogP contribution is -2.52. The number of allylic oxidation sites excluding steroid dienone is 1. The zero-order valence-corrected chi connectivity index (χ0v) is 7.04. The highest BCUT2D eigenvalue weighted by Crippen LogP contribution is 2.51. The van der Waals surface area contributed by atoms with Crippen LogP contribution in [0.5, 0.6) is 0 Å². The molecule has 0 aliphatic heterocycles. The number of rotatable bonds is 2. The monoisotopic (exact) mass is 266 g/mol. The maximum atomic E-state index is 12.1. The average Bonchev–Trinajstić information content (AvgIpc) is 2.00. The Hall–Kier alpha value is -0.600. The van der Waals surface area contributed by atoms with E-state index in [0.29, 0.717) is 0 Å². The molecular formula is C5ClF9. The molecule has 0 heterocycles. The van der Waals surface area contributed by atoms with Crippen molar-refractivity contribution in [1.29, 1.82) is 0 Å². The van der Waals surface area contributed by atoms with Gasteiger partial charge in [-0.15, -0.1) is 0 Å². The summed E-state index contributed by atoms with van der Waals surface area (Å²) in [4.78, 5) is 0. The molecule has 0 unspecified atom stereocenters. The van der Waals surface area contributed by atoms with Gasteiger partial charge in [0, 0.05) is 0 Å². The molecule has 0 saturated heterocycles. The minimum Gasteiger partial charge on any atom is -0.201 e. The number of hydrogen-bond acceptors (Lipinski definition) is 0. The van der Waals surface area contributed by atoms with Gasteiger partial charge < -0.3 is 0 Å². The fourth-order valence-electron chi connectivity index (χ4n) is 0.435. The van der Waals surface area contributed by atoms with Gasteiger partial charge >= 0.3 is 18.0 Å². The van der Waals surface area contributed by atoms with E-state index < -0.39 is 29.1 Å². The van der Waals surface area contributed by atoms with Crippen molar-refractivity contribution in [1.82, 2.24) is 0 Å². The van der Waals surface area contributed by atoms with E-state index in [9.17, 15) is 39.5 Å². The molecule has 0 bridgehead atoms. The van der Waals surface area contributed by atoms with E-state index in [1.807, 2.05) is 0 Å². The zero-order chi connectivity index (χ0) is 12.7. The Morgan fingerprint density at radius 2 is 1.13 bits per heavy atom. The smallest absolute Gasteiger partial charge is 0.201 e. The molecule has 0 radical (unpaired) electrons. The predicted molar refractivity (Wildman–Crippen MR) is 31.0 cm³/mol. The molecule has 0 atom stereocenters. The summed E-state index contributed by atoms with van der Waals surface area (Å²) in [5.41, 5.74) is 0. The van der Waals surface area contributed by atoms with Crippen LogP contribution in [0, 0.1) is 0 Å². The van der Waals surface area contributed by atoms with Crippen molar-refractivity contribution in [3.63, 3.8) is 0 Å². The van der Waals surface area contributed by atoms with Crippen LogP contribution in [0.15, 0.2) is 11.1 Å². The third-order valence-electron chi connectivity index (χ3n) is 1.19. The van der Waals surface area contributed by atoms with Crippen LogP contribution >= 0.6 is 11.6 Å². The molecule has 0 amide bonds. The maximum absolute atomic E-state index is 12.1. The first-order valence-corrected chi connectivity index (χ1v) is 3.27. The standard InChI is InChI=1S/C5ClF9/c6-2(8)1(7)3(9,10)4(11,12)5(13,14)15/b2-1-. The molecule has 0 N–H and O–H groups in total. The summed E-state index contributed by atoms with van der Waals surface area (Å²) >= 11 is 3.93. The van der Waals surface area contributed by atoms with Crippen molar-refractivity contribution in [2.45, 2.75) is 18.0 Å². The fourth-order valence-corrected chi connectivity index (χ4v) is 0.553. The normalized spacial score (nSPS) is 16.4. The van der Waals surface area contributed by atoms with E-state index in [2.05, 4.69) is 11.6 Å². The van der Waals surface area contributed by atoms with E-state index in [1.165, 1.54) is 0 Å². The van der Waals surface area contributed by atoms with E-state index in [-0.39, 0.29) is 0 Å². The third-order valence-corrected chi connectivity index (χ3v) is 1.36. The molecule has 90 valence electrons. The summed E-state index contributed by atoms with van der Waals surface area (Å²) in [5, 5.41) is -2.97. The van der Waals surface area contributed by atoms with Gasteiger partial charge in [0.1, 0.15) is 0 Å². The highest BCUT2D eigenvalue weighted by Gasteiger charge is 2.75. The molecule has 0 saturated carbocycles. The van der Waals surface area contributed by atoms with Gasteiger partial charge in [-0.25, -0.2) is 4.39 Å². The Morgan fingerprint density at radius 3 is 1.33 bits per heavy atom. The van der Waals surface area contributed by atoms with E-state index in [4.69, 9.17) is 0 Å². The van der Waals surface area contributed by atoms with E-state index >= 15 is 0 Å². The van der Waals surface area contributed by atoms with E-state index in [0.717, 1.165) is 0 Å². The first kappa shape index (κ1) is 14.4. The van der Waals surface area contributed by atoms with Crippen LogP contribution in [-0.2, 0) is 0 Å².